The number of rotatable bonds is 14. The molecule has 6 nitrogen and oxygen atoms in total. The average molecular weight is 585 g/mol. The van der Waals surface area contributed by atoms with Gasteiger partial charge in [-0.2, -0.15) is 0 Å². The predicted octanol–water partition coefficient (Wildman–Crippen LogP) is 7.25. The summed E-state index contributed by atoms with van der Waals surface area (Å²) in [5, 5.41) is 2.05. The Morgan fingerprint density at radius 2 is 1.52 bits per heavy atom. The third-order valence-corrected chi connectivity index (χ3v) is 8.42. The van der Waals surface area contributed by atoms with Crippen LogP contribution < -0.4 is 9.47 Å². The molecule has 42 heavy (non-hydrogen) atoms. The van der Waals surface area contributed by atoms with Gasteiger partial charge in [-0.1, -0.05) is 61.9 Å². The van der Waals surface area contributed by atoms with Crippen LogP contribution in [0.25, 0.3) is 11.1 Å². The molecule has 0 N–H and O–H groups in total. The molecule has 220 valence electrons. The van der Waals surface area contributed by atoms with E-state index in [4.69, 9.17) is 9.47 Å². The molecule has 0 aliphatic carbocycles. The minimum atomic E-state index is -0.122. The summed E-state index contributed by atoms with van der Waals surface area (Å²) in [6.07, 6.45) is 2.42. The Morgan fingerprint density at radius 1 is 0.810 bits per heavy atom. The topological polar surface area (TPSA) is 59.1 Å². The van der Waals surface area contributed by atoms with E-state index in [1.807, 2.05) is 65.6 Å². The first kappa shape index (κ1) is 30.8. The normalized spacial score (nSPS) is 10.8. The lowest BCUT2D eigenvalue weighted by Gasteiger charge is -2.28. The molecule has 0 aliphatic rings. The zero-order valence-electron chi connectivity index (χ0n) is 25.0. The van der Waals surface area contributed by atoms with Crippen molar-refractivity contribution in [1.29, 1.82) is 0 Å². The number of carbonyl (C=O) groups is 2. The fraction of sp³-hybridized carbons (Fsp3) is 0.314. The summed E-state index contributed by atoms with van der Waals surface area (Å²) < 4.78 is 10.9. The summed E-state index contributed by atoms with van der Waals surface area (Å²) in [6, 6.07) is 25.7. The summed E-state index contributed by atoms with van der Waals surface area (Å²) in [4.78, 5) is 32.3. The molecule has 0 atom stereocenters. The molecule has 0 spiro atoms. The number of ether oxygens (including phenoxy) is 2. The van der Waals surface area contributed by atoms with E-state index in [2.05, 4.69) is 37.4 Å². The van der Waals surface area contributed by atoms with Gasteiger partial charge in [-0.05, 0) is 77.7 Å². The van der Waals surface area contributed by atoms with Crippen LogP contribution in [0.2, 0.25) is 0 Å². The number of amides is 2. The molecule has 0 unspecified atom stereocenters. The Labute approximate surface area is 253 Å². The van der Waals surface area contributed by atoms with Gasteiger partial charge in [0.1, 0.15) is 6.54 Å². The molecule has 3 aromatic carbocycles. The van der Waals surface area contributed by atoms with Gasteiger partial charge < -0.3 is 19.3 Å². The maximum absolute atomic E-state index is 13.9. The SMILES string of the molecule is CCCCN(CC(=O)N(CCc1ccc(OC)c(OC)c1)Cc1sccc1C)C(=O)c1ccc(-c2ccccc2)cc1. The standard InChI is InChI=1S/C35H40N2O4S/c1-5-6-20-37(35(39)30-15-13-29(14-16-30)28-10-8-7-9-11-28)25-34(38)36(24-33-26(2)19-22-42-33)21-18-27-12-17-31(40-3)32(23-27)41-4/h7-17,19,22-23H,5-6,18,20-21,24-25H2,1-4H3. The van der Waals surface area contributed by atoms with Gasteiger partial charge in [0.2, 0.25) is 5.91 Å². The van der Waals surface area contributed by atoms with E-state index in [0.29, 0.717) is 43.1 Å². The number of benzene rings is 3. The van der Waals surface area contributed by atoms with Crippen LogP contribution in [0.4, 0.5) is 0 Å². The highest BCUT2D eigenvalue weighted by Crippen LogP contribution is 2.28. The van der Waals surface area contributed by atoms with Gasteiger partial charge >= 0.3 is 0 Å². The maximum atomic E-state index is 13.9. The number of carbonyl (C=O) groups excluding carboxylic acids is 2. The van der Waals surface area contributed by atoms with Crippen LogP contribution >= 0.6 is 11.3 Å². The molecule has 0 fully saturated rings. The predicted molar refractivity (Wildman–Crippen MR) is 170 cm³/mol. The van der Waals surface area contributed by atoms with Crippen molar-refractivity contribution in [3.8, 4) is 22.6 Å². The maximum Gasteiger partial charge on any atom is 0.254 e. The molecule has 4 aromatic rings. The van der Waals surface area contributed by atoms with Crippen LogP contribution in [-0.2, 0) is 17.8 Å². The number of nitrogens with zero attached hydrogens (tertiary/aromatic N) is 2. The molecule has 0 saturated carbocycles. The summed E-state index contributed by atoms with van der Waals surface area (Å²) in [6.45, 7) is 5.76. The number of hydrogen-bond acceptors (Lipinski definition) is 5. The van der Waals surface area contributed by atoms with Gasteiger partial charge in [-0.25, -0.2) is 0 Å². The lowest BCUT2D eigenvalue weighted by atomic mass is 10.0. The molecular weight excluding hydrogens is 544 g/mol. The molecule has 1 heterocycles. The first-order chi connectivity index (χ1) is 20.4. The minimum absolute atomic E-state index is 0.0373. The fourth-order valence-corrected chi connectivity index (χ4v) is 5.74. The largest absolute Gasteiger partial charge is 0.493 e. The highest BCUT2D eigenvalue weighted by molar-refractivity contribution is 7.10. The quantitative estimate of drug-likeness (QED) is 0.157. The van der Waals surface area contributed by atoms with Crippen LogP contribution in [0.15, 0.2) is 84.2 Å². The number of hydrogen-bond donors (Lipinski definition) is 0. The van der Waals surface area contributed by atoms with Crippen LogP contribution in [0.3, 0.4) is 0 Å². The fourth-order valence-electron chi connectivity index (χ4n) is 4.81. The number of aryl methyl sites for hydroxylation is 1. The van der Waals surface area contributed by atoms with Gasteiger partial charge in [-0.15, -0.1) is 11.3 Å². The Bertz CT molecular complexity index is 1450. The van der Waals surface area contributed by atoms with Gasteiger partial charge in [0.25, 0.3) is 5.91 Å². The van der Waals surface area contributed by atoms with Crippen LogP contribution in [0, 0.1) is 6.92 Å². The number of unbranched alkanes of at least 4 members (excludes halogenated alkanes) is 1. The molecule has 2 amide bonds. The molecule has 4 rings (SSSR count). The van der Waals surface area contributed by atoms with Crippen molar-refractivity contribution >= 4 is 23.2 Å². The molecular formula is C35H40N2O4S. The number of thiophene rings is 1. The van der Waals surface area contributed by atoms with Crippen molar-refractivity contribution in [2.45, 2.75) is 39.7 Å². The summed E-state index contributed by atoms with van der Waals surface area (Å²) in [5.74, 6) is 1.15. The van der Waals surface area contributed by atoms with Crippen molar-refractivity contribution < 1.29 is 19.1 Å². The number of methoxy groups -OCH3 is 2. The Morgan fingerprint density at radius 3 is 2.17 bits per heavy atom. The third kappa shape index (κ3) is 8.01. The van der Waals surface area contributed by atoms with Crippen LogP contribution in [0.5, 0.6) is 11.5 Å². The van der Waals surface area contributed by atoms with Crippen molar-refractivity contribution in [3.05, 3.63) is 106 Å². The van der Waals surface area contributed by atoms with E-state index in [-0.39, 0.29) is 18.4 Å². The average Bonchev–Trinajstić information content (AvgIpc) is 3.44. The van der Waals surface area contributed by atoms with Crippen molar-refractivity contribution in [2.75, 3.05) is 33.9 Å². The van der Waals surface area contributed by atoms with Crippen molar-refractivity contribution in [2.24, 2.45) is 0 Å². The Balaban J connectivity index is 1.51. The third-order valence-electron chi connectivity index (χ3n) is 7.41. The zero-order chi connectivity index (χ0) is 29.9. The molecule has 0 aliphatic heterocycles. The molecule has 0 saturated heterocycles. The van der Waals surface area contributed by atoms with Crippen LogP contribution in [-0.4, -0.2) is 55.5 Å². The first-order valence-corrected chi connectivity index (χ1v) is 15.3. The van der Waals surface area contributed by atoms with Gasteiger partial charge in [0.15, 0.2) is 11.5 Å². The smallest absolute Gasteiger partial charge is 0.254 e. The summed E-state index contributed by atoms with van der Waals surface area (Å²) in [7, 11) is 3.23. The van der Waals surface area contributed by atoms with E-state index in [1.165, 1.54) is 5.56 Å². The van der Waals surface area contributed by atoms with Crippen LogP contribution in [0.1, 0.15) is 46.1 Å². The first-order valence-electron chi connectivity index (χ1n) is 14.4. The minimum Gasteiger partial charge on any atom is -0.493 e. The van der Waals surface area contributed by atoms with Gasteiger partial charge in [-0.3, -0.25) is 9.59 Å². The molecule has 0 bridgehead atoms. The molecule has 7 heteroatoms. The molecule has 1 aromatic heterocycles. The van der Waals surface area contributed by atoms with Crippen molar-refractivity contribution in [3.63, 3.8) is 0 Å². The summed E-state index contributed by atoms with van der Waals surface area (Å²) >= 11 is 1.65. The summed E-state index contributed by atoms with van der Waals surface area (Å²) in [5.41, 5.74) is 4.95. The molecule has 0 radical (unpaired) electrons. The van der Waals surface area contributed by atoms with Crippen molar-refractivity contribution in [1.82, 2.24) is 9.80 Å². The van der Waals surface area contributed by atoms with E-state index < -0.39 is 0 Å². The highest BCUT2D eigenvalue weighted by Gasteiger charge is 2.23. The Kier molecular flexibility index (Phi) is 11.2. The second kappa shape index (κ2) is 15.2. The van der Waals surface area contributed by atoms with E-state index in [9.17, 15) is 9.59 Å². The van der Waals surface area contributed by atoms with Gasteiger partial charge in [0.05, 0.1) is 20.8 Å². The monoisotopic (exact) mass is 584 g/mol. The lowest BCUT2D eigenvalue weighted by Crippen LogP contribution is -2.43. The zero-order valence-corrected chi connectivity index (χ0v) is 25.8. The van der Waals surface area contributed by atoms with E-state index in [0.717, 1.165) is 34.4 Å². The Hall–Kier alpha value is -4.10. The second-order valence-electron chi connectivity index (χ2n) is 10.3. The van der Waals surface area contributed by atoms with E-state index >= 15 is 0 Å². The second-order valence-corrected chi connectivity index (χ2v) is 11.3. The van der Waals surface area contributed by atoms with Gasteiger partial charge in [0, 0.05) is 23.5 Å². The highest BCUT2D eigenvalue weighted by atomic mass is 32.1. The van der Waals surface area contributed by atoms with E-state index in [1.54, 1.807) is 30.5 Å². The lowest BCUT2D eigenvalue weighted by molar-refractivity contribution is -0.132.